The first-order chi connectivity index (χ1) is 16.6. The number of carboxylic acids is 1. The van der Waals surface area contributed by atoms with Gasteiger partial charge in [-0.3, -0.25) is 4.90 Å². The van der Waals surface area contributed by atoms with E-state index in [0.717, 1.165) is 42.9 Å². The fraction of sp³-hybridized carbons (Fsp3) is 0.480. The molecule has 2 aromatic rings. The maximum atomic E-state index is 14.5. The van der Waals surface area contributed by atoms with Gasteiger partial charge in [0.15, 0.2) is 0 Å². The number of hydrogen-bond acceptors (Lipinski definition) is 4. The summed E-state index contributed by atoms with van der Waals surface area (Å²) in [6.07, 6.45) is 0.150. The average molecular weight is 514 g/mol. The van der Waals surface area contributed by atoms with Gasteiger partial charge >= 0.3 is 12.3 Å². The van der Waals surface area contributed by atoms with Gasteiger partial charge in [-0.15, -0.1) is 13.2 Å². The number of alkyl halides is 3. The third-order valence-electron chi connectivity index (χ3n) is 7.05. The highest BCUT2D eigenvalue weighted by molar-refractivity contribution is 6.30. The van der Waals surface area contributed by atoms with Gasteiger partial charge in [-0.2, -0.15) is 0 Å². The van der Waals surface area contributed by atoms with Gasteiger partial charge in [0.1, 0.15) is 23.4 Å². The molecule has 5 rings (SSSR count). The first-order valence-corrected chi connectivity index (χ1v) is 12.0. The third kappa shape index (κ3) is 5.51. The molecule has 3 aliphatic rings. The molecule has 35 heavy (non-hydrogen) atoms. The standard InChI is InChI=1S/C25H24ClF4NO4/c26-15-6-18(10-20(7-15)35-25(28,29)30)34-19-8-16-3-4-17(9-19)31(16)12-14-5-23(27)22(24(32)33)11-21(14)13-1-2-13/h5-7,10-11,13,16-17,19H,1-4,8-9,12H2,(H,32,33)/t16-,17?,19+/m1/s1. The third-order valence-corrected chi connectivity index (χ3v) is 7.27. The van der Waals surface area contributed by atoms with Crippen LogP contribution in [0.3, 0.4) is 0 Å². The predicted molar refractivity (Wildman–Crippen MR) is 119 cm³/mol. The van der Waals surface area contributed by atoms with E-state index in [0.29, 0.717) is 19.4 Å². The van der Waals surface area contributed by atoms with Crippen LogP contribution in [-0.4, -0.2) is 40.5 Å². The van der Waals surface area contributed by atoms with Crippen LogP contribution < -0.4 is 9.47 Å². The van der Waals surface area contributed by atoms with Crippen molar-refractivity contribution in [2.45, 2.75) is 75.5 Å². The Morgan fingerprint density at radius 2 is 1.69 bits per heavy atom. The minimum Gasteiger partial charge on any atom is -0.490 e. The van der Waals surface area contributed by atoms with Gasteiger partial charge in [0, 0.05) is 29.7 Å². The lowest BCUT2D eigenvalue weighted by molar-refractivity contribution is -0.274. The highest BCUT2D eigenvalue weighted by Crippen LogP contribution is 2.45. The molecule has 2 bridgehead atoms. The number of nitrogens with zero attached hydrogens (tertiary/aromatic N) is 1. The Kier molecular flexibility index (Phi) is 6.34. The Balaban J connectivity index is 1.29. The highest BCUT2D eigenvalue weighted by atomic mass is 35.5. The zero-order valence-corrected chi connectivity index (χ0v) is 19.4. The number of piperidine rings is 1. The topological polar surface area (TPSA) is 59.0 Å². The number of halogens is 5. The maximum Gasteiger partial charge on any atom is 0.573 e. The number of carboxylic acid groups (broad SMARTS) is 1. The number of fused-ring (bicyclic) bond motifs is 2. The molecule has 1 saturated carbocycles. The maximum absolute atomic E-state index is 14.5. The Bertz CT molecular complexity index is 1120. The summed E-state index contributed by atoms with van der Waals surface area (Å²) in [5, 5.41) is 9.39. The first-order valence-electron chi connectivity index (χ1n) is 11.6. The van der Waals surface area contributed by atoms with Crippen molar-refractivity contribution in [3.05, 3.63) is 57.9 Å². The summed E-state index contributed by atoms with van der Waals surface area (Å²) < 4.78 is 62.3. The van der Waals surface area contributed by atoms with Gasteiger partial charge in [0.05, 0.1) is 5.56 Å². The molecular formula is C25H24ClF4NO4. The van der Waals surface area contributed by atoms with Crippen molar-refractivity contribution in [2.24, 2.45) is 0 Å². The van der Waals surface area contributed by atoms with Crippen molar-refractivity contribution >= 4 is 17.6 Å². The zero-order valence-electron chi connectivity index (χ0n) is 18.7. The molecule has 10 heteroatoms. The van der Waals surface area contributed by atoms with Gasteiger partial charge in [-0.1, -0.05) is 11.6 Å². The summed E-state index contributed by atoms with van der Waals surface area (Å²) in [7, 11) is 0. The van der Waals surface area contributed by atoms with Crippen LogP contribution in [0.15, 0.2) is 30.3 Å². The predicted octanol–water partition coefficient (Wildman–Crippen LogP) is 6.53. The van der Waals surface area contributed by atoms with Gasteiger partial charge in [-0.25, -0.2) is 9.18 Å². The van der Waals surface area contributed by atoms with Crippen LogP contribution in [0.2, 0.25) is 5.02 Å². The fourth-order valence-electron chi connectivity index (χ4n) is 5.47. The molecule has 2 aliphatic heterocycles. The number of hydrogen-bond donors (Lipinski definition) is 1. The minimum atomic E-state index is -4.83. The van der Waals surface area contributed by atoms with Crippen LogP contribution >= 0.6 is 11.6 Å². The van der Waals surface area contributed by atoms with E-state index < -0.39 is 23.9 Å². The smallest absolute Gasteiger partial charge is 0.490 e. The monoisotopic (exact) mass is 513 g/mol. The summed E-state index contributed by atoms with van der Waals surface area (Å²) in [4.78, 5) is 13.7. The minimum absolute atomic E-state index is 0.0848. The number of carbonyl (C=O) groups is 1. The van der Waals surface area contributed by atoms with E-state index >= 15 is 0 Å². The van der Waals surface area contributed by atoms with E-state index in [2.05, 4.69) is 9.64 Å². The molecule has 0 radical (unpaired) electrons. The Morgan fingerprint density at radius 3 is 2.29 bits per heavy atom. The molecule has 188 valence electrons. The SMILES string of the molecule is O=C(O)c1cc(C2CC2)c(CN2C3CC[C@@H]2C[C@H](Oc2cc(Cl)cc(OC(F)(F)F)c2)C3)cc1F. The van der Waals surface area contributed by atoms with Crippen molar-refractivity contribution in [3.8, 4) is 11.5 Å². The van der Waals surface area contributed by atoms with Crippen LogP contribution in [-0.2, 0) is 6.54 Å². The second kappa shape index (κ2) is 9.17. The molecule has 1 N–H and O–H groups in total. The van der Waals surface area contributed by atoms with Crippen molar-refractivity contribution in [1.29, 1.82) is 0 Å². The number of aromatic carboxylic acids is 1. The number of ether oxygens (including phenoxy) is 2. The molecule has 3 fully saturated rings. The lowest BCUT2D eigenvalue weighted by Gasteiger charge is -2.39. The summed E-state index contributed by atoms with van der Waals surface area (Å²) in [5.41, 5.74) is 1.45. The van der Waals surface area contributed by atoms with E-state index in [1.54, 1.807) is 0 Å². The number of benzene rings is 2. The molecule has 2 heterocycles. The molecule has 3 atom stereocenters. The zero-order chi connectivity index (χ0) is 24.9. The normalized spacial score (nSPS) is 24.4. The molecule has 1 unspecified atom stereocenters. The van der Waals surface area contributed by atoms with Crippen molar-refractivity contribution < 1.29 is 36.9 Å². The largest absolute Gasteiger partial charge is 0.573 e. The van der Waals surface area contributed by atoms with E-state index in [-0.39, 0.29) is 40.4 Å². The molecule has 2 aromatic carbocycles. The molecule has 0 amide bonds. The van der Waals surface area contributed by atoms with E-state index in [9.17, 15) is 27.5 Å². The second-order valence-corrected chi connectivity index (χ2v) is 9.99. The van der Waals surface area contributed by atoms with Crippen molar-refractivity contribution in [1.82, 2.24) is 4.90 Å². The quantitative estimate of drug-likeness (QED) is 0.427. The molecule has 2 saturated heterocycles. The summed E-state index contributed by atoms with van der Waals surface area (Å²) in [5.74, 6) is -1.92. The first kappa shape index (κ1) is 24.2. The van der Waals surface area contributed by atoms with E-state index in [1.807, 2.05) is 0 Å². The van der Waals surface area contributed by atoms with Crippen LogP contribution in [0.1, 0.15) is 65.9 Å². The van der Waals surface area contributed by atoms with Gasteiger partial charge in [0.2, 0.25) is 0 Å². The Hall–Kier alpha value is -2.52. The summed E-state index contributed by atoms with van der Waals surface area (Å²) in [6, 6.07) is 6.95. The van der Waals surface area contributed by atoms with Crippen LogP contribution in [0.4, 0.5) is 17.6 Å². The number of rotatable bonds is 7. The lowest BCUT2D eigenvalue weighted by Crippen LogP contribution is -2.45. The van der Waals surface area contributed by atoms with Crippen molar-refractivity contribution in [3.63, 3.8) is 0 Å². The highest BCUT2D eigenvalue weighted by Gasteiger charge is 2.42. The van der Waals surface area contributed by atoms with Crippen LogP contribution in [0, 0.1) is 5.82 Å². The Labute approximate surface area is 204 Å². The fourth-order valence-corrected chi connectivity index (χ4v) is 5.69. The molecular weight excluding hydrogens is 490 g/mol. The van der Waals surface area contributed by atoms with Gasteiger partial charge in [-0.05, 0) is 79.8 Å². The van der Waals surface area contributed by atoms with Crippen LogP contribution in [0.5, 0.6) is 11.5 Å². The second-order valence-electron chi connectivity index (χ2n) is 9.55. The molecule has 5 nitrogen and oxygen atoms in total. The van der Waals surface area contributed by atoms with Gasteiger partial charge in [0.25, 0.3) is 0 Å². The lowest BCUT2D eigenvalue weighted by atomic mass is 9.95. The van der Waals surface area contributed by atoms with Gasteiger partial charge < -0.3 is 14.6 Å². The van der Waals surface area contributed by atoms with E-state index in [1.165, 1.54) is 24.3 Å². The Morgan fingerprint density at radius 1 is 1.03 bits per heavy atom. The summed E-state index contributed by atoms with van der Waals surface area (Å²) >= 11 is 5.97. The molecule has 0 spiro atoms. The average Bonchev–Trinajstić information content (AvgIpc) is 3.53. The molecule has 0 aromatic heterocycles. The summed E-state index contributed by atoms with van der Waals surface area (Å²) in [6.45, 7) is 0.533. The molecule has 1 aliphatic carbocycles. The van der Waals surface area contributed by atoms with Crippen molar-refractivity contribution in [2.75, 3.05) is 0 Å². The van der Waals surface area contributed by atoms with Crippen LogP contribution in [0.25, 0.3) is 0 Å². The van der Waals surface area contributed by atoms with E-state index in [4.69, 9.17) is 16.3 Å².